The van der Waals surface area contributed by atoms with E-state index in [-0.39, 0.29) is 18.1 Å². The Morgan fingerprint density at radius 3 is 2.57 bits per heavy atom. The van der Waals surface area contributed by atoms with Crippen molar-refractivity contribution in [2.75, 3.05) is 18.9 Å². The van der Waals surface area contributed by atoms with Crippen molar-refractivity contribution < 1.29 is 18.5 Å². The first kappa shape index (κ1) is 19.7. The minimum Gasteiger partial charge on any atom is -0.326 e. The Morgan fingerprint density at radius 1 is 1.14 bits per heavy atom. The summed E-state index contributed by atoms with van der Waals surface area (Å²) in [6, 6.07) is 12.8. The van der Waals surface area contributed by atoms with E-state index in [0.29, 0.717) is 6.54 Å². The maximum absolute atomic E-state index is 13.7. The lowest BCUT2D eigenvalue weighted by Crippen LogP contribution is -3.08. The van der Waals surface area contributed by atoms with E-state index in [4.69, 9.17) is 0 Å². The molecule has 0 saturated carbocycles. The van der Waals surface area contributed by atoms with Gasteiger partial charge in [0.05, 0.1) is 35.4 Å². The number of para-hydroxylation sites is 1. The van der Waals surface area contributed by atoms with Crippen LogP contribution < -0.4 is 10.2 Å². The SMILES string of the molecule is Cc1nn(-c2ccccc2)c(C)c1C[NH+](C)CC(=O)Nc1cc(F)ccc1F. The first-order valence-electron chi connectivity index (χ1n) is 9.02. The Hall–Kier alpha value is -3.06. The normalized spacial score (nSPS) is 12.0. The van der Waals surface area contributed by atoms with Gasteiger partial charge in [0.25, 0.3) is 5.91 Å². The number of carbonyl (C=O) groups excluding carboxylic acids is 1. The van der Waals surface area contributed by atoms with Crippen LogP contribution >= 0.6 is 0 Å². The van der Waals surface area contributed by atoms with Gasteiger partial charge in [0.2, 0.25) is 0 Å². The zero-order valence-corrected chi connectivity index (χ0v) is 16.1. The van der Waals surface area contributed by atoms with Crippen molar-refractivity contribution in [1.82, 2.24) is 9.78 Å². The number of nitrogens with one attached hydrogen (secondary N) is 2. The number of benzene rings is 2. The molecule has 0 aliphatic rings. The Bertz CT molecular complexity index is 986. The van der Waals surface area contributed by atoms with Crippen LogP contribution in [-0.2, 0) is 11.3 Å². The molecule has 28 heavy (non-hydrogen) atoms. The van der Waals surface area contributed by atoms with Crippen molar-refractivity contribution in [1.29, 1.82) is 0 Å². The molecule has 1 heterocycles. The summed E-state index contributed by atoms with van der Waals surface area (Å²) in [7, 11) is 1.88. The second kappa shape index (κ2) is 8.31. The van der Waals surface area contributed by atoms with Gasteiger partial charge >= 0.3 is 0 Å². The topological polar surface area (TPSA) is 51.4 Å². The maximum atomic E-state index is 13.7. The number of hydrogen-bond donors (Lipinski definition) is 2. The molecule has 7 heteroatoms. The number of carbonyl (C=O) groups is 1. The molecule has 0 saturated heterocycles. The van der Waals surface area contributed by atoms with E-state index < -0.39 is 11.6 Å². The zero-order chi connectivity index (χ0) is 20.3. The van der Waals surface area contributed by atoms with E-state index in [2.05, 4.69) is 10.4 Å². The highest BCUT2D eigenvalue weighted by Gasteiger charge is 2.19. The van der Waals surface area contributed by atoms with Gasteiger partial charge in [0, 0.05) is 6.07 Å². The van der Waals surface area contributed by atoms with Crippen molar-refractivity contribution >= 4 is 11.6 Å². The zero-order valence-electron chi connectivity index (χ0n) is 16.1. The number of rotatable bonds is 6. The number of amides is 1. The van der Waals surface area contributed by atoms with Gasteiger partial charge in [-0.25, -0.2) is 13.5 Å². The lowest BCUT2D eigenvalue weighted by atomic mass is 10.2. The van der Waals surface area contributed by atoms with Gasteiger partial charge in [-0.15, -0.1) is 0 Å². The first-order valence-corrected chi connectivity index (χ1v) is 9.02. The van der Waals surface area contributed by atoms with Crippen molar-refractivity contribution in [3.63, 3.8) is 0 Å². The minimum atomic E-state index is -0.664. The minimum absolute atomic E-state index is 0.116. The standard InChI is InChI=1S/C21H22F2N4O/c1-14-18(15(2)27(25-14)17-7-5-4-6-8-17)12-26(3)13-21(28)24-20-11-16(22)9-10-19(20)23/h4-11H,12-13H2,1-3H3,(H,24,28)/p+1. The van der Waals surface area contributed by atoms with E-state index in [0.717, 1.165) is 45.7 Å². The summed E-state index contributed by atoms with van der Waals surface area (Å²) in [6.45, 7) is 4.64. The molecule has 0 radical (unpaired) electrons. The molecule has 1 atom stereocenters. The molecule has 0 fully saturated rings. The average Bonchev–Trinajstić information content (AvgIpc) is 2.93. The predicted octanol–water partition coefficient (Wildman–Crippen LogP) is 2.42. The number of aryl methyl sites for hydroxylation is 1. The molecule has 2 N–H and O–H groups in total. The molecule has 3 rings (SSSR count). The third-order valence-electron chi connectivity index (χ3n) is 4.59. The summed E-state index contributed by atoms with van der Waals surface area (Å²) >= 11 is 0. The highest BCUT2D eigenvalue weighted by atomic mass is 19.1. The van der Waals surface area contributed by atoms with Crippen LogP contribution in [0.4, 0.5) is 14.5 Å². The molecule has 0 bridgehead atoms. The summed E-state index contributed by atoms with van der Waals surface area (Å²) < 4.78 is 28.8. The summed E-state index contributed by atoms with van der Waals surface area (Å²) in [6.07, 6.45) is 0. The van der Waals surface area contributed by atoms with E-state index in [1.54, 1.807) is 0 Å². The third kappa shape index (κ3) is 4.43. The number of hydrogen-bond acceptors (Lipinski definition) is 2. The number of quaternary nitrogens is 1. The summed E-state index contributed by atoms with van der Waals surface area (Å²) in [5.74, 6) is -1.65. The number of aromatic nitrogens is 2. The second-order valence-corrected chi connectivity index (χ2v) is 6.88. The van der Waals surface area contributed by atoms with Gasteiger partial charge in [0.1, 0.15) is 18.2 Å². The fourth-order valence-corrected chi connectivity index (χ4v) is 3.18. The Kier molecular flexibility index (Phi) is 5.84. The van der Waals surface area contributed by atoms with Crippen molar-refractivity contribution in [3.05, 3.63) is 77.1 Å². The third-order valence-corrected chi connectivity index (χ3v) is 4.59. The van der Waals surface area contributed by atoms with E-state index in [1.807, 2.05) is 55.9 Å². The number of halogens is 2. The van der Waals surface area contributed by atoms with Crippen molar-refractivity contribution in [2.24, 2.45) is 0 Å². The average molecular weight is 385 g/mol. The van der Waals surface area contributed by atoms with Crippen LogP contribution in [0.3, 0.4) is 0 Å². The lowest BCUT2D eigenvalue weighted by Gasteiger charge is -2.14. The van der Waals surface area contributed by atoms with Gasteiger partial charge in [-0.05, 0) is 38.1 Å². The van der Waals surface area contributed by atoms with Crippen LogP contribution in [0.15, 0.2) is 48.5 Å². The second-order valence-electron chi connectivity index (χ2n) is 6.88. The summed E-state index contributed by atoms with van der Waals surface area (Å²) in [4.78, 5) is 13.1. The molecule has 3 aromatic rings. The molecular formula is C21H23F2N4O+. The first-order chi connectivity index (χ1) is 13.3. The number of anilines is 1. The summed E-state index contributed by atoms with van der Waals surface area (Å²) in [5, 5.41) is 7.05. The Balaban J connectivity index is 1.68. The van der Waals surface area contributed by atoms with Crippen molar-refractivity contribution in [2.45, 2.75) is 20.4 Å². The van der Waals surface area contributed by atoms with E-state index in [9.17, 15) is 13.6 Å². The molecule has 146 valence electrons. The van der Waals surface area contributed by atoms with E-state index in [1.165, 1.54) is 0 Å². The highest BCUT2D eigenvalue weighted by molar-refractivity contribution is 5.91. The van der Waals surface area contributed by atoms with Gasteiger partial charge in [-0.2, -0.15) is 5.10 Å². The fourth-order valence-electron chi connectivity index (χ4n) is 3.18. The number of nitrogens with zero attached hydrogens (tertiary/aromatic N) is 2. The largest absolute Gasteiger partial charge is 0.326 e. The Labute approximate surface area is 162 Å². The molecule has 0 aliphatic heterocycles. The molecule has 1 aromatic heterocycles. The van der Waals surface area contributed by atoms with Crippen LogP contribution in [0, 0.1) is 25.5 Å². The molecule has 0 spiro atoms. The maximum Gasteiger partial charge on any atom is 0.279 e. The highest BCUT2D eigenvalue weighted by Crippen LogP contribution is 2.17. The monoisotopic (exact) mass is 385 g/mol. The molecule has 2 aromatic carbocycles. The summed E-state index contributed by atoms with van der Waals surface area (Å²) in [5.41, 5.74) is 3.80. The molecule has 5 nitrogen and oxygen atoms in total. The van der Waals surface area contributed by atoms with Crippen molar-refractivity contribution in [3.8, 4) is 5.69 Å². The quantitative estimate of drug-likeness (QED) is 0.685. The van der Waals surface area contributed by atoms with E-state index >= 15 is 0 Å². The van der Waals surface area contributed by atoms with Gasteiger partial charge in [-0.1, -0.05) is 18.2 Å². The fraction of sp³-hybridized carbons (Fsp3) is 0.238. The van der Waals surface area contributed by atoms with Crippen LogP contribution in [0.5, 0.6) is 0 Å². The molecule has 1 unspecified atom stereocenters. The molecular weight excluding hydrogens is 362 g/mol. The van der Waals surface area contributed by atoms with Crippen LogP contribution in [0.2, 0.25) is 0 Å². The smallest absolute Gasteiger partial charge is 0.279 e. The number of likely N-dealkylation sites (N-methyl/N-ethyl adjacent to an activating group) is 1. The van der Waals surface area contributed by atoms with Gasteiger partial charge in [0.15, 0.2) is 6.54 Å². The van der Waals surface area contributed by atoms with Gasteiger partial charge in [-0.3, -0.25) is 4.79 Å². The Morgan fingerprint density at radius 2 is 1.86 bits per heavy atom. The van der Waals surface area contributed by atoms with Crippen LogP contribution in [0.25, 0.3) is 5.69 Å². The van der Waals surface area contributed by atoms with Gasteiger partial charge < -0.3 is 10.2 Å². The van der Waals surface area contributed by atoms with Crippen LogP contribution in [-0.4, -0.2) is 29.3 Å². The predicted molar refractivity (Wildman–Crippen MR) is 103 cm³/mol. The lowest BCUT2D eigenvalue weighted by molar-refractivity contribution is -0.885. The van der Waals surface area contributed by atoms with Crippen LogP contribution in [0.1, 0.15) is 17.0 Å². The molecule has 0 aliphatic carbocycles. The molecule has 1 amide bonds.